The molecule has 1 aromatic heterocycles. The number of aliphatic hydroxyl groups is 1. The van der Waals surface area contributed by atoms with Crippen molar-refractivity contribution < 1.29 is 5.11 Å². The third-order valence-electron chi connectivity index (χ3n) is 2.59. The molecule has 0 saturated heterocycles. The van der Waals surface area contributed by atoms with Crippen LogP contribution in [-0.2, 0) is 0 Å². The lowest BCUT2D eigenvalue weighted by molar-refractivity contribution is 0.0587. The smallest absolute Gasteiger partial charge is 0.0987 e. The highest BCUT2D eigenvalue weighted by atomic mass is 16.3. The van der Waals surface area contributed by atoms with E-state index in [1.165, 1.54) is 6.42 Å². The first-order chi connectivity index (χ1) is 5.88. The van der Waals surface area contributed by atoms with Crippen molar-refractivity contribution in [1.82, 2.24) is 4.98 Å². The van der Waals surface area contributed by atoms with E-state index in [0.29, 0.717) is 5.92 Å². The van der Waals surface area contributed by atoms with Gasteiger partial charge < -0.3 is 5.11 Å². The maximum absolute atomic E-state index is 9.78. The fourth-order valence-corrected chi connectivity index (χ4v) is 1.55. The maximum Gasteiger partial charge on any atom is 0.0987 e. The van der Waals surface area contributed by atoms with E-state index in [4.69, 9.17) is 0 Å². The summed E-state index contributed by atoms with van der Waals surface area (Å²) < 4.78 is 0. The van der Waals surface area contributed by atoms with Crippen LogP contribution >= 0.6 is 0 Å². The Balaban J connectivity index is 2.08. The van der Waals surface area contributed by atoms with Gasteiger partial charge in [0, 0.05) is 6.20 Å². The molecule has 12 heavy (non-hydrogen) atoms. The van der Waals surface area contributed by atoms with Crippen LogP contribution in [0.2, 0.25) is 0 Å². The Labute approximate surface area is 72.3 Å². The number of aromatic nitrogens is 1. The second-order valence-electron chi connectivity index (χ2n) is 3.39. The molecule has 0 spiro atoms. The first kappa shape index (κ1) is 7.74. The molecule has 2 rings (SSSR count). The van der Waals surface area contributed by atoms with Gasteiger partial charge in [-0.05, 0) is 30.9 Å². The summed E-state index contributed by atoms with van der Waals surface area (Å²) in [5, 5.41) is 9.78. The molecule has 0 aliphatic heterocycles. The van der Waals surface area contributed by atoms with Crippen LogP contribution in [0.4, 0.5) is 0 Å². The van der Waals surface area contributed by atoms with E-state index in [2.05, 4.69) is 4.98 Å². The van der Waals surface area contributed by atoms with E-state index < -0.39 is 0 Å². The van der Waals surface area contributed by atoms with Crippen molar-refractivity contribution in [3.05, 3.63) is 30.1 Å². The highest BCUT2D eigenvalue weighted by Crippen LogP contribution is 2.36. The molecule has 1 heterocycles. The Morgan fingerprint density at radius 3 is 2.75 bits per heavy atom. The van der Waals surface area contributed by atoms with Gasteiger partial charge in [0.25, 0.3) is 0 Å². The second kappa shape index (κ2) is 3.23. The van der Waals surface area contributed by atoms with Crippen LogP contribution in [0.3, 0.4) is 0 Å². The molecule has 1 aliphatic rings. The van der Waals surface area contributed by atoms with E-state index in [-0.39, 0.29) is 6.10 Å². The standard InChI is InChI=1S/C10H13NO/c12-10(8-4-3-5-8)9-6-1-2-7-11-9/h1-2,6-8,10,12H,3-5H2/t10-/m1/s1. The highest BCUT2D eigenvalue weighted by Gasteiger charge is 2.27. The molecule has 1 fully saturated rings. The Kier molecular flexibility index (Phi) is 2.09. The summed E-state index contributed by atoms with van der Waals surface area (Å²) >= 11 is 0. The Morgan fingerprint density at radius 1 is 1.42 bits per heavy atom. The largest absolute Gasteiger partial charge is 0.387 e. The van der Waals surface area contributed by atoms with Crippen molar-refractivity contribution in [3.8, 4) is 0 Å². The number of aliphatic hydroxyl groups excluding tert-OH is 1. The van der Waals surface area contributed by atoms with Crippen molar-refractivity contribution in [2.24, 2.45) is 5.92 Å². The summed E-state index contributed by atoms with van der Waals surface area (Å²) in [5.41, 5.74) is 0.821. The average Bonchev–Trinajstić information content (AvgIpc) is 2.03. The summed E-state index contributed by atoms with van der Waals surface area (Å²) in [6, 6.07) is 5.68. The summed E-state index contributed by atoms with van der Waals surface area (Å²) in [7, 11) is 0. The third kappa shape index (κ3) is 1.34. The normalized spacial score (nSPS) is 20.1. The van der Waals surface area contributed by atoms with Crippen LogP contribution in [0.1, 0.15) is 31.1 Å². The molecule has 0 bridgehead atoms. The minimum Gasteiger partial charge on any atom is -0.387 e. The summed E-state index contributed by atoms with van der Waals surface area (Å²) in [4.78, 5) is 4.13. The zero-order valence-electron chi connectivity index (χ0n) is 6.98. The molecule has 1 aliphatic carbocycles. The average molecular weight is 163 g/mol. The minimum absolute atomic E-state index is 0.333. The van der Waals surface area contributed by atoms with Crippen molar-refractivity contribution in [2.75, 3.05) is 0 Å². The minimum atomic E-state index is -0.333. The Bertz CT molecular complexity index is 243. The van der Waals surface area contributed by atoms with Gasteiger partial charge in [0.15, 0.2) is 0 Å². The lowest BCUT2D eigenvalue weighted by Gasteiger charge is -2.29. The molecule has 1 saturated carbocycles. The van der Waals surface area contributed by atoms with Gasteiger partial charge in [-0.3, -0.25) is 4.98 Å². The number of nitrogens with zero attached hydrogens (tertiary/aromatic N) is 1. The van der Waals surface area contributed by atoms with Gasteiger partial charge >= 0.3 is 0 Å². The number of rotatable bonds is 2. The van der Waals surface area contributed by atoms with Crippen LogP contribution in [0, 0.1) is 5.92 Å². The topological polar surface area (TPSA) is 33.1 Å². The second-order valence-corrected chi connectivity index (χ2v) is 3.39. The molecule has 1 atom stereocenters. The molecule has 0 unspecified atom stereocenters. The third-order valence-corrected chi connectivity index (χ3v) is 2.59. The number of hydrogen-bond acceptors (Lipinski definition) is 2. The maximum atomic E-state index is 9.78. The van der Waals surface area contributed by atoms with Crippen LogP contribution in [0.15, 0.2) is 24.4 Å². The number of pyridine rings is 1. The molecular weight excluding hydrogens is 150 g/mol. The van der Waals surface area contributed by atoms with Crippen molar-refractivity contribution in [1.29, 1.82) is 0 Å². The zero-order chi connectivity index (χ0) is 8.39. The predicted molar refractivity (Wildman–Crippen MR) is 46.5 cm³/mol. The Morgan fingerprint density at radius 2 is 2.25 bits per heavy atom. The van der Waals surface area contributed by atoms with Crippen molar-refractivity contribution >= 4 is 0 Å². The fourth-order valence-electron chi connectivity index (χ4n) is 1.55. The van der Waals surface area contributed by atoms with Gasteiger partial charge in [-0.1, -0.05) is 12.5 Å². The van der Waals surface area contributed by atoms with E-state index >= 15 is 0 Å². The molecule has 0 amide bonds. The molecule has 1 N–H and O–H groups in total. The van der Waals surface area contributed by atoms with Crippen molar-refractivity contribution in [2.45, 2.75) is 25.4 Å². The zero-order valence-corrected chi connectivity index (χ0v) is 6.98. The van der Waals surface area contributed by atoms with Crippen molar-refractivity contribution in [3.63, 3.8) is 0 Å². The van der Waals surface area contributed by atoms with Crippen LogP contribution < -0.4 is 0 Å². The van der Waals surface area contributed by atoms with Crippen LogP contribution in [0.25, 0.3) is 0 Å². The molecular formula is C10H13NO. The lowest BCUT2D eigenvalue weighted by Crippen LogP contribution is -2.20. The van der Waals surface area contributed by atoms with Gasteiger partial charge in [-0.25, -0.2) is 0 Å². The fraction of sp³-hybridized carbons (Fsp3) is 0.500. The SMILES string of the molecule is O[C@@H](c1ccccn1)C1CCC1. The van der Waals surface area contributed by atoms with E-state index in [1.54, 1.807) is 6.20 Å². The molecule has 1 aromatic rings. The highest BCUT2D eigenvalue weighted by molar-refractivity contribution is 5.08. The van der Waals surface area contributed by atoms with E-state index in [1.807, 2.05) is 18.2 Å². The quantitative estimate of drug-likeness (QED) is 0.722. The van der Waals surface area contributed by atoms with Gasteiger partial charge in [0.1, 0.15) is 0 Å². The van der Waals surface area contributed by atoms with E-state index in [9.17, 15) is 5.11 Å². The molecule has 0 aromatic carbocycles. The van der Waals surface area contributed by atoms with Crippen LogP contribution in [-0.4, -0.2) is 10.1 Å². The van der Waals surface area contributed by atoms with Crippen LogP contribution in [0.5, 0.6) is 0 Å². The molecule has 0 radical (unpaired) electrons. The summed E-state index contributed by atoms with van der Waals surface area (Å²) in [5.74, 6) is 0.458. The van der Waals surface area contributed by atoms with Gasteiger partial charge in [0.05, 0.1) is 11.8 Å². The van der Waals surface area contributed by atoms with Gasteiger partial charge in [0.2, 0.25) is 0 Å². The predicted octanol–water partition coefficient (Wildman–Crippen LogP) is 1.92. The monoisotopic (exact) mass is 163 g/mol. The first-order valence-corrected chi connectivity index (χ1v) is 4.47. The first-order valence-electron chi connectivity index (χ1n) is 4.47. The lowest BCUT2D eigenvalue weighted by atomic mass is 9.80. The van der Waals surface area contributed by atoms with E-state index in [0.717, 1.165) is 18.5 Å². The molecule has 2 nitrogen and oxygen atoms in total. The van der Waals surface area contributed by atoms with Gasteiger partial charge in [-0.15, -0.1) is 0 Å². The molecule has 64 valence electrons. The van der Waals surface area contributed by atoms with Gasteiger partial charge in [-0.2, -0.15) is 0 Å². The number of hydrogen-bond donors (Lipinski definition) is 1. The Hall–Kier alpha value is -0.890. The molecule has 2 heteroatoms. The summed E-state index contributed by atoms with van der Waals surface area (Å²) in [6.07, 6.45) is 4.96. The summed E-state index contributed by atoms with van der Waals surface area (Å²) in [6.45, 7) is 0.